The highest BCUT2D eigenvalue weighted by Crippen LogP contribution is 2.49. The van der Waals surface area contributed by atoms with Crippen molar-refractivity contribution < 1.29 is 4.42 Å². The monoisotopic (exact) mass is 832 g/mol. The van der Waals surface area contributed by atoms with E-state index in [1.165, 1.54) is 33.0 Å². The quantitative estimate of drug-likeness (QED) is 0.167. The van der Waals surface area contributed by atoms with E-state index in [-0.39, 0.29) is 5.41 Å². The first-order valence-electron chi connectivity index (χ1n) is 22.2. The molecular formula is C60H40N4O. The van der Waals surface area contributed by atoms with Crippen LogP contribution in [0.3, 0.4) is 0 Å². The van der Waals surface area contributed by atoms with Gasteiger partial charge in [0, 0.05) is 49.3 Å². The van der Waals surface area contributed by atoms with Crippen LogP contribution in [0.4, 0.5) is 0 Å². The summed E-state index contributed by atoms with van der Waals surface area (Å²) >= 11 is 0. The number of hydrogen-bond acceptors (Lipinski definition) is 4. The van der Waals surface area contributed by atoms with Crippen molar-refractivity contribution in [2.45, 2.75) is 19.3 Å². The van der Waals surface area contributed by atoms with E-state index in [0.717, 1.165) is 77.6 Å². The lowest BCUT2D eigenvalue weighted by molar-refractivity contribution is 0.660. The molecule has 306 valence electrons. The molecular weight excluding hydrogens is 793 g/mol. The van der Waals surface area contributed by atoms with Gasteiger partial charge in [0.15, 0.2) is 17.5 Å². The molecule has 0 fully saturated rings. The fourth-order valence-electron chi connectivity index (χ4n) is 10.3. The van der Waals surface area contributed by atoms with E-state index < -0.39 is 0 Å². The van der Waals surface area contributed by atoms with Gasteiger partial charge in [-0.05, 0) is 99.1 Å². The largest absolute Gasteiger partial charge is 0.456 e. The van der Waals surface area contributed by atoms with Crippen molar-refractivity contribution in [3.05, 3.63) is 217 Å². The van der Waals surface area contributed by atoms with Crippen molar-refractivity contribution in [2.75, 3.05) is 0 Å². The first-order chi connectivity index (χ1) is 32.0. The maximum Gasteiger partial charge on any atom is 0.164 e. The molecule has 9 aromatic carbocycles. The van der Waals surface area contributed by atoms with Gasteiger partial charge in [0.1, 0.15) is 11.2 Å². The Hall–Kier alpha value is -8.41. The molecule has 0 bridgehead atoms. The van der Waals surface area contributed by atoms with Crippen LogP contribution >= 0.6 is 0 Å². The number of para-hydroxylation sites is 2. The molecule has 1 aliphatic rings. The van der Waals surface area contributed by atoms with Crippen LogP contribution in [0, 0.1) is 0 Å². The third kappa shape index (κ3) is 5.89. The Morgan fingerprint density at radius 1 is 0.369 bits per heavy atom. The van der Waals surface area contributed by atoms with Crippen LogP contribution in [0.2, 0.25) is 0 Å². The van der Waals surface area contributed by atoms with Crippen molar-refractivity contribution >= 4 is 43.7 Å². The molecule has 1 aliphatic carbocycles. The lowest BCUT2D eigenvalue weighted by Gasteiger charge is -2.21. The maximum atomic E-state index is 6.60. The summed E-state index contributed by atoms with van der Waals surface area (Å²) < 4.78 is 8.93. The van der Waals surface area contributed by atoms with Crippen LogP contribution in [0.25, 0.3) is 117 Å². The molecule has 3 heterocycles. The Labute approximate surface area is 376 Å². The minimum Gasteiger partial charge on any atom is -0.456 e. The van der Waals surface area contributed by atoms with Gasteiger partial charge in [-0.1, -0.05) is 166 Å². The van der Waals surface area contributed by atoms with Gasteiger partial charge in [-0.3, -0.25) is 0 Å². The maximum absolute atomic E-state index is 6.60. The van der Waals surface area contributed by atoms with Gasteiger partial charge >= 0.3 is 0 Å². The molecule has 0 N–H and O–H groups in total. The molecule has 0 unspecified atom stereocenters. The van der Waals surface area contributed by atoms with E-state index >= 15 is 0 Å². The van der Waals surface area contributed by atoms with Crippen molar-refractivity contribution in [3.63, 3.8) is 0 Å². The highest BCUT2D eigenvalue weighted by molar-refractivity contribution is 6.13. The topological polar surface area (TPSA) is 56.7 Å². The number of rotatable bonds is 6. The zero-order chi connectivity index (χ0) is 43.2. The number of furan rings is 1. The molecule has 12 aromatic rings. The third-order valence-electron chi connectivity index (χ3n) is 13.5. The fraction of sp³-hybridized carbons (Fsp3) is 0.0500. The summed E-state index contributed by atoms with van der Waals surface area (Å²) in [6.45, 7) is 4.64. The minimum absolute atomic E-state index is 0.0575. The van der Waals surface area contributed by atoms with Gasteiger partial charge in [-0.15, -0.1) is 0 Å². The van der Waals surface area contributed by atoms with Crippen LogP contribution < -0.4 is 0 Å². The van der Waals surface area contributed by atoms with Gasteiger partial charge in [0.2, 0.25) is 0 Å². The number of aromatic nitrogens is 4. The van der Waals surface area contributed by atoms with Gasteiger partial charge in [-0.2, -0.15) is 0 Å². The molecule has 0 saturated carbocycles. The summed E-state index contributed by atoms with van der Waals surface area (Å²) in [5, 5.41) is 4.50. The summed E-state index contributed by atoms with van der Waals surface area (Å²) in [6.07, 6.45) is 0. The van der Waals surface area contributed by atoms with E-state index in [1.54, 1.807) is 0 Å². The molecule has 0 saturated heterocycles. The van der Waals surface area contributed by atoms with Gasteiger partial charge in [0.25, 0.3) is 0 Å². The molecule has 0 aliphatic heterocycles. The molecule has 5 nitrogen and oxygen atoms in total. The van der Waals surface area contributed by atoms with Crippen molar-refractivity contribution in [2.24, 2.45) is 0 Å². The lowest BCUT2D eigenvalue weighted by atomic mass is 9.82. The highest BCUT2D eigenvalue weighted by Gasteiger charge is 2.35. The van der Waals surface area contributed by atoms with Gasteiger partial charge < -0.3 is 8.98 Å². The number of hydrogen-bond donors (Lipinski definition) is 0. The van der Waals surface area contributed by atoms with E-state index in [9.17, 15) is 0 Å². The van der Waals surface area contributed by atoms with Crippen molar-refractivity contribution in [1.29, 1.82) is 0 Å². The molecule has 65 heavy (non-hydrogen) atoms. The van der Waals surface area contributed by atoms with E-state index in [2.05, 4.69) is 213 Å². The smallest absolute Gasteiger partial charge is 0.164 e. The first kappa shape index (κ1) is 37.2. The van der Waals surface area contributed by atoms with Crippen LogP contribution in [-0.2, 0) is 5.41 Å². The van der Waals surface area contributed by atoms with Crippen molar-refractivity contribution in [1.82, 2.24) is 19.5 Å². The fourth-order valence-corrected chi connectivity index (χ4v) is 10.3. The molecule has 3 aromatic heterocycles. The van der Waals surface area contributed by atoms with Gasteiger partial charge in [-0.25, -0.2) is 15.0 Å². The Kier molecular flexibility index (Phi) is 8.18. The SMILES string of the molecule is CC1(C)c2ccccc2-c2cc(-c3cccc(-c4nc(-c5ccc6c(c5)oc5cccc(-c7ccccc7)c56)nc(-c5ccc6c7ccccc7n(-c7ccccc7)c6c5)n4)c3)ccc21. The second-order valence-corrected chi connectivity index (χ2v) is 17.6. The van der Waals surface area contributed by atoms with Crippen LogP contribution in [0.1, 0.15) is 25.0 Å². The standard InChI is InChI=1S/C60H40N4O/c1-60(2)50-24-11-9-21-45(50)49-34-39(29-32-51(49)60)38-17-13-18-40(33-38)57-61-58(41-27-30-47-46-22-10-12-25-52(46)64(53(47)35-41)43-19-7-4-8-20-43)63-59(62-57)42-28-31-48-55(36-42)65-54-26-14-23-44(56(48)54)37-15-5-3-6-16-37/h3-36H,1-2H3. The number of benzene rings is 9. The van der Waals surface area contributed by atoms with E-state index in [0.29, 0.717) is 17.5 Å². The van der Waals surface area contributed by atoms with E-state index in [1.807, 2.05) is 12.1 Å². The van der Waals surface area contributed by atoms with Crippen LogP contribution in [0.5, 0.6) is 0 Å². The predicted octanol–water partition coefficient (Wildman–Crippen LogP) is 15.5. The average molecular weight is 833 g/mol. The number of fused-ring (bicyclic) bond motifs is 9. The van der Waals surface area contributed by atoms with Crippen molar-refractivity contribution in [3.8, 4) is 73.2 Å². The zero-order valence-corrected chi connectivity index (χ0v) is 35.8. The second kappa shape index (κ2) is 14.3. The molecule has 13 rings (SSSR count). The summed E-state index contributed by atoms with van der Waals surface area (Å²) in [7, 11) is 0. The molecule has 0 amide bonds. The minimum atomic E-state index is -0.0575. The average Bonchev–Trinajstić information content (AvgIpc) is 3.99. The first-order valence-corrected chi connectivity index (χ1v) is 22.2. The molecule has 5 heteroatoms. The normalized spacial score (nSPS) is 12.9. The van der Waals surface area contributed by atoms with Gasteiger partial charge in [0.05, 0.1) is 11.0 Å². The van der Waals surface area contributed by atoms with Crippen LogP contribution in [0.15, 0.2) is 211 Å². The molecule has 0 spiro atoms. The number of nitrogens with zero attached hydrogens (tertiary/aromatic N) is 4. The third-order valence-corrected chi connectivity index (χ3v) is 13.5. The Balaban J connectivity index is 0.988. The summed E-state index contributed by atoms with van der Waals surface area (Å²) in [5.41, 5.74) is 17.4. The Bertz CT molecular complexity index is 3860. The Morgan fingerprint density at radius 2 is 0.938 bits per heavy atom. The predicted molar refractivity (Wildman–Crippen MR) is 266 cm³/mol. The molecule has 0 atom stereocenters. The Morgan fingerprint density at radius 3 is 1.75 bits per heavy atom. The molecule has 0 radical (unpaired) electrons. The van der Waals surface area contributed by atoms with Crippen LogP contribution in [-0.4, -0.2) is 19.5 Å². The summed E-state index contributed by atoms with van der Waals surface area (Å²) in [6, 6.07) is 73.0. The second-order valence-electron chi connectivity index (χ2n) is 17.6. The summed E-state index contributed by atoms with van der Waals surface area (Å²) in [4.78, 5) is 15.8. The summed E-state index contributed by atoms with van der Waals surface area (Å²) in [5.74, 6) is 1.76. The van der Waals surface area contributed by atoms with E-state index in [4.69, 9.17) is 19.4 Å². The lowest BCUT2D eigenvalue weighted by Crippen LogP contribution is -2.14. The highest BCUT2D eigenvalue weighted by atomic mass is 16.3. The zero-order valence-electron chi connectivity index (χ0n) is 35.8.